The molecule has 1 aromatic rings. The van der Waals surface area contributed by atoms with Gasteiger partial charge in [-0.25, -0.2) is 0 Å². The zero-order chi connectivity index (χ0) is 10.8. The van der Waals surface area contributed by atoms with E-state index in [1.165, 1.54) is 0 Å². The van der Waals surface area contributed by atoms with Crippen LogP contribution in [0.15, 0.2) is 18.2 Å². The van der Waals surface area contributed by atoms with Crippen LogP contribution in [-0.2, 0) is 4.74 Å². The molecule has 2 rings (SSSR count). The minimum atomic E-state index is -0.0504. The fourth-order valence-electron chi connectivity index (χ4n) is 1.92. The standard InChI is InChI=1S/C12H16ClNO/c1-8-4-5-9(7-10(8)13)12(14)11-3-2-6-15-11/h4-5,7,11-12H,2-3,6,14H2,1H3. The number of benzene rings is 1. The quantitative estimate of drug-likeness (QED) is 0.840. The van der Waals surface area contributed by atoms with Crippen molar-refractivity contribution < 1.29 is 4.74 Å². The van der Waals surface area contributed by atoms with E-state index in [-0.39, 0.29) is 12.1 Å². The van der Waals surface area contributed by atoms with E-state index in [2.05, 4.69) is 0 Å². The van der Waals surface area contributed by atoms with E-state index in [4.69, 9.17) is 22.1 Å². The van der Waals surface area contributed by atoms with Crippen LogP contribution in [0.1, 0.15) is 30.0 Å². The zero-order valence-corrected chi connectivity index (χ0v) is 9.63. The molecule has 82 valence electrons. The molecule has 1 fully saturated rings. The van der Waals surface area contributed by atoms with Gasteiger partial charge >= 0.3 is 0 Å². The van der Waals surface area contributed by atoms with Crippen LogP contribution in [0.4, 0.5) is 0 Å². The summed E-state index contributed by atoms with van der Waals surface area (Å²) in [5.74, 6) is 0. The Kier molecular flexibility index (Phi) is 3.29. The van der Waals surface area contributed by atoms with Gasteiger partial charge in [-0.05, 0) is 37.0 Å². The Bertz CT molecular complexity index is 347. The molecule has 1 aromatic carbocycles. The largest absolute Gasteiger partial charge is 0.376 e. The number of halogens is 1. The molecule has 0 amide bonds. The van der Waals surface area contributed by atoms with E-state index in [9.17, 15) is 0 Å². The molecule has 1 aliphatic heterocycles. The highest BCUT2D eigenvalue weighted by atomic mass is 35.5. The van der Waals surface area contributed by atoms with Crippen molar-refractivity contribution >= 4 is 11.6 Å². The summed E-state index contributed by atoms with van der Waals surface area (Å²) in [7, 11) is 0. The third kappa shape index (κ3) is 2.33. The molecule has 0 spiro atoms. The fraction of sp³-hybridized carbons (Fsp3) is 0.500. The van der Waals surface area contributed by atoms with Gasteiger partial charge in [0.15, 0.2) is 0 Å². The maximum absolute atomic E-state index is 6.14. The minimum Gasteiger partial charge on any atom is -0.376 e. The smallest absolute Gasteiger partial charge is 0.0768 e. The molecule has 15 heavy (non-hydrogen) atoms. The summed E-state index contributed by atoms with van der Waals surface area (Å²) in [5.41, 5.74) is 8.29. The lowest BCUT2D eigenvalue weighted by molar-refractivity contribution is 0.0900. The Hall–Kier alpha value is -0.570. The zero-order valence-electron chi connectivity index (χ0n) is 8.87. The van der Waals surface area contributed by atoms with Crippen molar-refractivity contribution in [2.75, 3.05) is 6.61 Å². The lowest BCUT2D eigenvalue weighted by Gasteiger charge is -2.19. The van der Waals surface area contributed by atoms with E-state index in [1.807, 2.05) is 25.1 Å². The van der Waals surface area contributed by atoms with Gasteiger partial charge < -0.3 is 10.5 Å². The van der Waals surface area contributed by atoms with E-state index in [0.29, 0.717) is 0 Å². The lowest BCUT2D eigenvalue weighted by Crippen LogP contribution is -2.25. The first-order chi connectivity index (χ1) is 7.18. The molecule has 2 N–H and O–H groups in total. The molecule has 1 saturated heterocycles. The fourth-order valence-corrected chi connectivity index (χ4v) is 2.11. The molecule has 2 unspecified atom stereocenters. The van der Waals surface area contributed by atoms with Gasteiger partial charge in [0.2, 0.25) is 0 Å². The van der Waals surface area contributed by atoms with Crippen molar-refractivity contribution in [3.8, 4) is 0 Å². The van der Waals surface area contributed by atoms with Gasteiger partial charge in [-0.1, -0.05) is 23.7 Å². The Labute approximate surface area is 95.4 Å². The summed E-state index contributed by atoms with van der Waals surface area (Å²) in [4.78, 5) is 0. The number of aryl methyl sites for hydroxylation is 1. The highest BCUT2D eigenvalue weighted by molar-refractivity contribution is 6.31. The molecule has 0 aromatic heterocycles. The van der Waals surface area contributed by atoms with Gasteiger partial charge in [0.1, 0.15) is 0 Å². The highest BCUT2D eigenvalue weighted by Gasteiger charge is 2.24. The molecule has 3 heteroatoms. The molecular formula is C12H16ClNO. The van der Waals surface area contributed by atoms with Crippen LogP contribution in [0, 0.1) is 6.92 Å². The second-order valence-electron chi connectivity index (χ2n) is 4.09. The molecule has 1 heterocycles. The SMILES string of the molecule is Cc1ccc(C(N)C2CCCO2)cc1Cl. The number of hydrogen-bond donors (Lipinski definition) is 1. The average Bonchev–Trinajstić information content (AvgIpc) is 2.74. The van der Waals surface area contributed by atoms with Crippen molar-refractivity contribution in [1.29, 1.82) is 0 Å². The van der Waals surface area contributed by atoms with E-state index in [1.54, 1.807) is 0 Å². The van der Waals surface area contributed by atoms with Crippen molar-refractivity contribution in [3.63, 3.8) is 0 Å². The van der Waals surface area contributed by atoms with Crippen molar-refractivity contribution in [2.24, 2.45) is 5.73 Å². The maximum atomic E-state index is 6.14. The highest BCUT2D eigenvalue weighted by Crippen LogP contribution is 2.27. The second-order valence-corrected chi connectivity index (χ2v) is 4.49. The number of rotatable bonds is 2. The molecule has 0 radical (unpaired) electrons. The molecule has 0 aliphatic carbocycles. The molecular weight excluding hydrogens is 210 g/mol. The van der Waals surface area contributed by atoms with Crippen LogP contribution < -0.4 is 5.73 Å². The van der Waals surface area contributed by atoms with E-state index < -0.39 is 0 Å². The third-order valence-electron chi connectivity index (χ3n) is 2.95. The van der Waals surface area contributed by atoms with Gasteiger partial charge in [-0.15, -0.1) is 0 Å². The Morgan fingerprint density at radius 2 is 2.33 bits per heavy atom. The summed E-state index contributed by atoms with van der Waals surface area (Å²) < 4.78 is 5.57. The van der Waals surface area contributed by atoms with Crippen molar-refractivity contribution in [3.05, 3.63) is 34.3 Å². The molecule has 2 atom stereocenters. The first kappa shape index (κ1) is 10.9. The maximum Gasteiger partial charge on any atom is 0.0768 e. The Balaban J connectivity index is 2.17. The summed E-state index contributed by atoms with van der Waals surface area (Å²) >= 11 is 6.07. The van der Waals surface area contributed by atoms with Gasteiger partial charge in [0, 0.05) is 11.6 Å². The van der Waals surface area contributed by atoms with Gasteiger partial charge in [0.25, 0.3) is 0 Å². The molecule has 2 nitrogen and oxygen atoms in total. The third-order valence-corrected chi connectivity index (χ3v) is 3.35. The first-order valence-electron chi connectivity index (χ1n) is 5.31. The predicted molar refractivity (Wildman–Crippen MR) is 62.1 cm³/mol. The number of hydrogen-bond acceptors (Lipinski definition) is 2. The minimum absolute atomic E-state index is 0.0504. The van der Waals surface area contributed by atoms with E-state index >= 15 is 0 Å². The summed E-state index contributed by atoms with van der Waals surface area (Å²) in [6, 6.07) is 5.94. The van der Waals surface area contributed by atoms with Crippen molar-refractivity contribution in [2.45, 2.75) is 31.9 Å². The topological polar surface area (TPSA) is 35.2 Å². The number of ether oxygens (including phenoxy) is 1. The van der Waals surface area contributed by atoms with Crippen LogP contribution in [0.25, 0.3) is 0 Å². The van der Waals surface area contributed by atoms with Crippen LogP contribution in [0.2, 0.25) is 5.02 Å². The summed E-state index contributed by atoms with van der Waals surface area (Å²) in [6.07, 6.45) is 2.31. The van der Waals surface area contributed by atoms with Gasteiger partial charge in [-0.2, -0.15) is 0 Å². The average molecular weight is 226 g/mol. The summed E-state index contributed by atoms with van der Waals surface area (Å²) in [5, 5.41) is 0.779. The van der Waals surface area contributed by atoms with Gasteiger partial charge in [-0.3, -0.25) is 0 Å². The van der Waals surface area contributed by atoms with Crippen LogP contribution in [0.5, 0.6) is 0 Å². The van der Waals surface area contributed by atoms with E-state index in [0.717, 1.165) is 35.6 Å². The summed E-state index contributed by atoms with van der Waals surface area (Å²) in [6.45, 7) is 2.82. The lowest BCUT2D eigenvalue weighted by atomic mass is 9.99. The second kappa shape index (κ2) is 4.52. The van der Waals surface area contributed by atoms with Crippen LogP contribution >= 0.6 is 11.6 Å². The van der Waals surface area contributed by atoms with Crippen LogP contribution in [0.3, 0.4) is 0 Å². The molecule has 0 bridgehead atoms. The van der Waals surface area contributed by atoms with Crippen LogP contribution in [-0.4, -0.2) is 12.7 Å². The Morgan fingerprint density at radius 1 is 1.53 bits per heavy atom. The normalized spacial score (nSPS) is 23.0. The molecule has 0 saturated carbocycles. The first-order valence-corrected chi connectivity index (χ1v) is 5.69. The van der Waals surface area contributed by atoms with Crippen molar-refractivity contribution in [1.82, 2.24) is 0 Å². The Morgan fingerprint density at radius 3 is 2.93 bits per heavy atom. The monoisotopic (exact) mass is 225 g/mol. The molecule has 1 aliphatic rings. The predicted octanol–water partition coefficient (Wildman–Crippen LogP) is 2.83. The number of nitrogens with two attached hydrogens (primary N) is 1. The van der Waals surface area contributed by atoms with Gasteiger partial charge in [0.05, 0.1) is 12.1 Å².